The molecule has 0 spiro atoms. The van der Waals surface area contributed by atoms with Gasteiger partial charge in [-0.3, -0.25) is 4.98 Å². The van der Waals surface area contributed by atoms with E-state index in [1.807, 2.05) is 12.1 Å². The molecule has 0 aliphatic rings. The number of benzene rings is 1. The Morgan fingerprint density at radius 2 is 2.00 bits per heavy atom. The molecular weight excluding hydrogens is 244 g/mol. The summed E-state index contributed by atoms with van der Waals surface area (Å²) < 4.78 is 0. The summed E-state index contributed by atoms with van der Waals surface area (Å²) in [5.74, 6) is 1.27. The number of hydrogen-bond donors (Lipinski definition) is 0. The quantitative estimate of drug-likeness (QED) is 0.760. The van der Waals surface area contributed by atoms with Gasteiger partial charge in [0.1, 0.15) is 6.07 Å². The van der Waals surface area contributed by atoms with Gasteiger partial charge in [-0.1, -0.05) is 39.3 Å². The molecule has 2 heteroatoms. The van der Waals surface area contributed by atoms with Crippen molar-refractivity contribution in [1.82, 2.24) is 4.98 Å². The highest BCUT2D eigenvalue weighted by Crippen LogP contribution is 2.33. The van der Waals surface area contributed by atoms with E-state index in [4.69, 9.17) is 0 Å². The smallest absolute Gasteiger partial charge is 0.101 e. The summed E-state index contributed by atoms with van der Waals surface area (Å²) >= 11 is 0. The molecule has 0 saturated carbocycles. The average molecular weight is 266 g/mol. The van der Waals surface area contributed by atoms with Gasteiger partial charge in [-0.2, -0.15) is 5.26 Å². The Morgan fingerprint density at radius 3 is 2.65 bits per heavy atom. The Bertz CT molecular complexity index is 625. The monoisotopic (exact) mass is 266 g/mol. The standard InChI is InChI=1S/C18H22N2/c1-4-13(3)11-14(5-2)16-9-8-15(12-19)18-17(16)7-6-10-20-18/h6-10,13-14H,4-5,11H2,1-3H3. The number of pyridine rings is 1. The molecule has 0 saturated heterocycles. The number of fused-ring (bicyclic) bond motifs is 1. The normalized spacial score (nSPS) is 13.9. The van der Waals surface area contributed by atoms with Crippen molar-refractivity contribution >= 4 is 10.9 Å². The summed E-state index contributed by atoms with van der Waals surface area (Å²) in [6.45, 7) is 6.80. The minimum atomic E-state index is 0.546. The number of hydrogen-bond acceptors (Lipinski definition) is 2. The van der Waals surface area contributed by atoms with Crippen LogP contribution in [0.2, 0.25) is 0 Å². The molecule has 2 unspecified atom stereocenters. The predicted molar refractivity (Wildman–Crippen MR) is 83.6 cm³/mol. The van der Waals surface area contributed by atoms with Gasteiger partial charge < -0.3 is 0 Å². The van der Waals surface area contributed by atoms with Gasteiger partial charge in [-0.15, -0.1) is 0 Å². The number of rotatable bonds is 5. The lowest BCUT2D eigenvalue weighted by atomic mass is 9.84. The molecular formula is C18H22N2. The molecule has 20 heavy (non-hydrogen) atoms. The third kappa shape index (κ3) is 2.82. The van der Waals surface area contributed by atoms with Crippen LogP contribution >= 0.6 is 0 Å². The van der Waals surface area contributed by atoms with Crippen LogP contribution in [0.1, 0.15) is 57.1 Å². The van der Waals surface area contributed by atoms with E-state index >= 15 is 0 Å². The fourth-order valence-electron chi connectivity index (χ4n) is 2.81. The molecule has 2 nitrogen and oxygen atoms in total. The van der Waals surface area contributed by atoms with E-state index in [1.165, 1.54) is 18.4 Å². The highest BCUT2D eigenvalue weighted by Gasteiger charge is 2.17. The maximum Gasteiger partial charge on any atom is 0.101 e. The molecule has 104 valence electrons. The molecule has 2 rings (SSSR count). The number of nitriles is 1. The molecule has 1 heterocycles. The second-order valence-corrected chi connectivity index (χ2v) is 5.57. The maximum absolute atomic E-state index is 9.22. The molecule has 0 bridgehead atoms. The van der Waals surface area contributed by atoms with Crippen LogP contribution in [0.15, 0.2) is 30.5 Å². The van der Waals surface area contributed by atoms with Crippen molar-refractivity contribution in [3.05, 3.63) is 41.6 Å². The second kappa shape index (κ2) is 6.52. The van der Waals surface area contributed by atoms with Crippen molar-refractivity contribution in [2.75, 3.05) is 0 Å². The Hall–Kier alpha value is -1.88. The third-order valence-corrected chi connectivity index (χ3v) is 4.24. The van der Waals surface area contributed by atoms with E-state index < -0.39 is 0 Å². The van der Waals surface area contributed by atoms with Gasteiger partial charge in [-0.05, 0) is 42.4 Å². The summed E-state index contributed by atoms with van der Waals surface area (Å²) in [7, 11) is 0. The summed E-state index contributed by atoms with van der Waals surface area (Å²) in [5.41, 5.74) is 2.85. The van der Waals surface area contributed by atoms with Crippen molar-refractivity contribution in [1.29, 1.82) is 5.26 Å². The van der Waals surface area contributed by atoms with Crippen molar-refractivity contribution in [3.8, 4) is 6.07 Å². The first-order valence-corrected chi connectivity index (χ1v) is 7.48. The molecule has 0 radical (unpaired) electrons. The third-order valence-electron chi connectivity index (χ3n) is 4.24. The fraction of sp³-hybridized carbons (Fsp3) is 0.444. The van der Waals surface area contributed by atoms with E-state index in [1.54, 1.807) is 6.20 Å². The van der Waals surface area contributed by atoms with Crippen molar-refractivity contribution in [2.24, 2.45) is 5.92 Å². The molecule has 0 aliphatic heterocycles. The number of aromatic nitrogens is 1. The summed E-state index contributed by atoms with van der Waals surface area (Å²) in [6, 6.07) is 10.3. The first-order valence-electron chi connectivity index (χ1n) is 7.48. The van der Waals surface area contributed by atoms with Gasteiger partial charge >= 0.3 is 0 Å². The topological polar surface area (TPSA) is 36.7 Å². The minimum Gasteiger partial charge on any atom is -0.255 e. The predicted octanol–water partition coefficient (Wildman–Crippen LogP) is 5.04. The van der Waals surface area contributed by atoms with Gasteiger partial charge in [0, 0.05) is 11.6 Å². The van der Waals surface area contributed by atoms with E-state index in [0.717, 1.165) is 23.2 Å². The van der Waals surface area contributed by atoms with Gasteiger partial charge in [0.25, 0.3) is 0 Å². The Balaban J connectivity index is 2.51. The van der Waals surface area contributed by atoms with Crippen LogP contribution in [0.3, 0.4) is 0 Å². The van der Waals surface area contributed by atoms with Gasteiger partial charge in [0.05, 0.1) is 11.1 Å². The lowest BCUT2D eigenvalue weighted by Gasteiger charge is -2.21. The van der Waals surface area contributed by atoms with Gasteiger partial charge in [0.2, 0.25) is 0 Å². The van der Waals surface area contributed by atoms with Crippen molar-refractivity contribution in [3.63, 3.8) is 0 Å². The zero-order valence-electron chi connectivity index (χ0n) is 12.6. The molecule has 2 aromatic rings. The lowest BCUT2D eigenvalue weighted by Crippen LogP contribution is -2.05. The Labute approximate surface area is 121 Å². The minimum absolute atomic E-state index is 0.546. The maximum atomic E-state index is 9.22. The lowest BCUT2D eigenvalue weighted by molar-refractivity contribution is 0.448. The van der Waals surface area contributed by atoms with Crippen LogP contribution in [0, 0.1) is 17.2 Å². The molecule has 0 aliphatic carbocycles. The average Bonchev–Trinajstić information content (AvgIpc) is 2.51. The highest BCUT2D eigenvalue weighted by molar-refractivity contribution is 5.87. The largest absolute Gasteiger partial charge is 0.255 e. The van der Waals surface area contributed by atoms with Crippen LogP contribution < -0.4 is 0 Å². The summed E-state index contributed by atoms with van der Waals surface area (Å²) in [5, 5.41) is 10.4. The van der Waals surface area contributed by atoms with E-state index in [-0.39, 0.29) is 0 Å². The Morgan fingerprint density at radius 1 is 1.20 bits per heavy atom. The molecule has 0 fully saturated rings. The van der Waals surface area contributed by atoms with E-state index in [2.05, 4.69) is 44.0 Å². The van der Waals surface area contributed by atoms with Crippen molar-refractivity contribution < 1.29 is 0 Å². The molecule has 2 atom stereocenters. The van der Waals surface area contributed by atoms with E-state index in [0.29, 0.717) is 11.5 Å². The molecule has 1 aromatic heterocycles. The second-order valence-electron chi connectivity index (χ2n) is 5.57. The molecule has 0 N–H and O–H groups in total. The van der Waals surface area contributed by atoms with Crippen LogP contribution in [-0.2, 0) is 0 Å². The van der Waals surface area contributed by atoms with Gasteiger partial charge in [0.15, 0.2) is 0 Å². The zero-order valence-corrected chi connectivity index (χ0v) is 12.6. The SMILES string of the molecule is CCC(C)CC(CC)c1ccc(C#N)c2ncccc12. The van der Waals surface area contributed by atoms with Crippen LogP contribution in [0.4, 0.5) is 0 Å². The van der Waals surface area contributed by atoms with Crippen LogP contribution in [0.25, 0.3) is 10.9 Å². The molecule has 1 aromatic carbocycles. The number of nitrogens with zero attached hydrogens (tertiary/aromatic N) is 2. The van der Waals surface area contributed by atoms with Crippen LogP contribution in [0.5, 0.6) is 0 Å². The molecule has 0 amide bonds. The highest BCUT2D eigenvalue weighted by atomic mass is 14.7. The van der Waals surface area contributed by atoms with Gasteiger partial charge in [-0.25, -0.2) is 0 Å². The zero-order chi connectivity index (χ0) is 14.5. The fourth-order valence-corrected chi connectivity index (χ4v) is 2.81. The van der Waals surface area contributed by atoms with Crippen molar-refractivity contribution in [2.45, 2.75) is 46.0 Å². The van der Waals surface area contributed by atoms with Crippen LogP contribution in [-0.4, -0.2) is 4.98 Å². The summed E-state index contributed by atoms with van der Waals surface area (Å²) in [4.78, 5) is 4.41. The first-order chi connectivity index (χ1) is 9.71. The van der Waals surface area contributed by atoms with E-state index in [9.17, 15) is 5.26 Å². The first kappa shape index (κ1) is 14.5. The Kier molecular flexibility index (Phi) is 4.74. The summed E-state index contributed by atoms with van der Waals surface area (Å²) in [6.07, 6.45) is 5.30.